The number of rotatable bonds is 2. The molecule has 4 nitrogen and oxygen atoms in total. The van der Waals surface area contributed by atoms with Gasteiger partial charge in [-0.15, -0.1) is 0 Å². The molecule has 0 aliphatic carbocycles. The molecule has 4 rings (SSSR count). The monoisotopic (exact) mass is 302 g/mol. The van der Waals surface area contributed by atoms with Crippen LogP contribution in [0.5, 0.6) is 11.5 Å². The minimum atomic E-state index is -0.124. The van der Waals surface area contributed by atoms with Gasteiger partial charge in [-0.2, -0.15) is 5.06 Å². The summed E-state index contributed by atoms with van der Waals surface area (Å²) in [5, 5.41) is 13.3. The summed E-state index contributed by atoms with van der Waals surface area (Å²) in [7, 11) is 0. The van der Waals surface area contributed by atoms with Crippen LogP contribution in [0, 0.1) is 0 Å². The van der Waals surface area contributed by atoms with Gasteiger partial charge in [0, 0.05) is 11.1 Å². The third-order valence-electron chi connectivity index (χ3n) is 3.78. The molecule has 1 aliphatic heterocycles. The van der Waals surface area contributed by atoms with Gasteiger partial charge in [-0.3, -0.25) is 4.79 Å². The number of para-hydroxylation sites is 2. The van der Waals surface area contributed by atoms with Crippen LogP contribution in [0.4, 0.5) is 11.4 Å². The molecular weight excluding hydrogens is 290 g/mol. The van der Waals surface area contributed by atoms with E-state index in [1.807, 2.05) is 24.3 Å². The summed E-state index contributed by atoms with van der Waals surface area (Å²) < 4.78 is 5.74. The molecule has 0 N–H and O–H groups in total. The predicted octanol–water partition coefficient (Wildman–Crippen LogP) is 4.51. The fourth-order valence-electron chi connectivity index (χ4n) is 2.62. The van der Waals surface area contributed by atoms with Gasteiger partial charge in [0.15, 0.2) is 17.3 Å². The molecule has 0 saturated carbocycles. The summed E-state index contributed by atoms with van der Waals surface area (Å²) >= 11 is 0. The van der Waals surface area contributed by atoms with E-state index < -0.39 is 0 Å². The number of hydrogen-bond donors (Lipinski definition) is 0. The molecule has 0 saturated heterocycles. The zero-order valence-corrected chi connectivity index (χ0v) is 12.1. The van der Waals surface area contributed by atoms with Gasteiger partial charge in [-0.25, -0.2) is 0 Å². The van der Waals surface area contributed by atoms with Crippen molar-refractivity contribution in [3.63, 3.8) is 0 Å². The van der Waals surface area contributed by atoms with Gasteiger partial charge in [-0.1, -0.05) is 47.7 Å². The smallest absolute Gasteiger partial charge is 0.193 e. The first-order valence-electron chi connectivity index (χ1n) is 7.22. The Hall–Kier alpha value is -3.11. The largest absolute Gasteiger partial charge is 0.453 e. The molecule has 0 spiro atoms. The lowest BCUT2D eigenvalue weighted by molar-refractivity contribution is 0.103. The Labute approximate surface area is 133 Å². The minimum absolute atomic E-state index is 0.124. The van der Waals surface area contributed by atoms with Crippen molar-refractivity contribution in [3.05, 3.63) is 83.9 Å². The highest BCUT2D eigenvalue weighted by atomic mass is 16.5. The van der Waals surface area contributed by atoms with Crippen LogP contribution >= 0.6 is 0 Å². The van der Waals surface area contributed by atoms with Gasteiger partial charge in [0.1, 0.15) is 11.4 Å². The number of anilines is 2. The second-order valence-corrected chi connectivity index (χ2v) is 5.24. The van der Waals surface area contributed by atoms with Crippen LogP contribution in [0.25, 0.3) is 0 Å². The van der Waals surface area contributed by atoms with Gasteiger partial charge < -0.3 is 4.74 Å². The first-order chi connectivity index (χ1) is 11.2. The molecule has 0 amide bonds. The Morgan fingerprint density at radius 3 is 2.26 bits per heavy atom. The Morgan fingerprint density at radius 1 is 0.739 bits per heavy atom. The normalized spacial score (nSPS) is 12.1. The molecule has 1 heterocycles. The summed E-state index contributed by atoms with van der Waals surface area (Å²) in [5.74, 6) is 0.834. The van der Waals surface area contributed by atoms with E-state index in [1.165, 1.54) is 0 Å². The molecule has 0 atom stereocenters. The van der Waals surface area contributed by atoms with E-state index in [1.54, 1.807) is 48.5 Å². The Morgan fingerprint density at radius 2 is 1.43 bits per heavy atom. The third kappa shape index (κ3) is 2.25. The van der Waals surface area contributed by atoms with Crippen molar-refractivity contribution in [3.8, 4) is 11.5 Å². The Balaban J connectivity index is 1.76. The topological polar surface area (TPSA) is 49.4 Å². The van der Waals surface area contributed by atoms with E-state index in [-0.39, 0.29) is 5.78 Å². The second-order valence-electron chi connectivity index (χ2n) is 5.24. The third-order valence-corrected chi connectivity index (χ3v) is 3.78. The summed E-state index contributed by atoms with van der Waals surface area (Å²) in [6, 6.07) is 20.9. The van der Waals surface area contributed by atoms with Crippen LogP contribution in [0.2, 0.25) is 0 Å². The fraction of sp³-hybridized carbons (Fsp3) is 0. The molecule has 0 unspecified atom stereocenters. The van der Waals surface area contributed by atoms with Crippen molar-refractivity contribution in [2.75, 3.05) is 5.06 Å². The summed E-state index contributed by atoms with van der Waals surface area (Å²) in [6.07, 6.45) is 0. The highest BCUT2D eigenvalue weighted by Crippen LogP contribution is 2.45. The quantitative estimate of drug-likeness (QED) is 0.654. The lowest BCUT2D eigenvalue weighted by Crippen LogP contribution is -2.15. The molecular formula is C19H12NO3. The zero-order chi connectivity index (χ0) is 15.8. The Kier molecular flexibility index (Phi) is 3.10. The first kappa shape index (κ1) is 13.5. The molecule has 3 aromatic rings. The second kappa shape index (κ2) is 5.26. The minimum Gasteiger partial charge on any atom is -0.453 e. The number of nitrogens with zero attached hydrogens (tertiary/aromatic N) is 1. The average molecular weight is 302 g/mol. The van der Waals surface area contributed by atoms with Gasteiger partial charge in [0.05, 0.1) is 0 Å². The van der Waals surface area contributed by atoms with Crippen molar-refractivity contribution < 1.29 is 14.7 Å². The molecule has 1 radical (unpaired) electrons. The highest BCUT2D eigenvalue weighted by Gasteiger charge is 2.25. The van der Waals surface area contributed by atoms with Gasteiger partial charge in [-0.05, 0) is 30.3 Å². The van der Waals surface area contributed by atoms with Crippen LogP contribution in [0.1, 0.15) is 15.9 Å². The molecule has 3 aromatic carbocycles. The fourth-order valence-corrected chi connectivity index (χ4v) is 2.62. The molecule has 111 valence electrons. The number of ether oxygens (including phenoxy) is 1. The van der Waals surface area contributed by atoms with E-state index >= 15 is 0 Å². The lowest BCUT2D eigenvalue weighted by atomic mass is 10.0. The van der Waals surface area contributed by atoms with Crippen molar-refractivity contribution in [2.24, 2.45) is 0 Å². The van der Waals surface area contributed by atoms with Crippen molar-refractivity contribution in [1.82, 2.24) is 0 Å². The highest BCUT2D eigenvalue weighted by molar-refractivity contribution is 6.09. The van der Waals surface area contributed by atoms with E-state index in [2.05, 4.69) is 0 Å². The maximum atomic E-state index is 12.5. The molecule has 0 fully saturated rings. The zero-order valence-electron chi connectivity index (χ0n) is 12.1. The number of carbonyl (C=O) groups excluding carboxylic acids is 1. The number of hydrogen-bond acceptors (Lipinski definition) is 3. The number of benzene rings is 3. The molecule has 23 heavy (non-hydrogen) atoms. The van der Waals surface area contributed by atoms with Crippen LogP contribution in [0.15, 0.2) is 72.8 Å². The van der Waals surface area contributed by atoms with Crippen molar-refractivity contribution in [2.45, 2.75) is 0 Å². The van der Waals surface area contributed by atoms with E-state index in [4.69, 9.17) is 4.74 Å². The van der Waals surface area contributed by atoms with Gasteiger partial charge in [0.25, 0.3) is 0 Å². The van der Waals surface area contributed by atoms with Crippen LogP contribution in [0.3, 0.4) is 0 Å². The Bertz CT molecular complexity index is 890. The summed E-state index contributed by atoms with van der Waals surface area (Å²) in [4.78, 5) is 12.5. The maximum absolute atomic E-state index is 12.5. The summed E-state index contributed by atoms with van der Waals surface area (Å²) in [5.41, 5.74) is 1.82. The summed E-state index contributed by atoms with van der Waals surface area (Å²) in [6.45, 7) is 0. The van der Waals surface area contributed by atoms with Crippen LogP contribution in [-0.4, -0.2) is 5.78 Å². The average Bonchev–Trinajstić information content (AvgIpc) is 2.62. The van der Waals surface area contributed by atoms with Gasteiger partial charge >= 0.3 is 0 Å². The lowest BCUT2D eigenvalue weighted by Gasteiger charge is -2.26. The predicted molar refractivity (Wildman–Crippen MR) is 85.7 cm³/mol. The van der Waals surface area contributed by atoms with E-state index in [0.29, 0.717) is 34.0 Å². The standard InChI is InChI=1S/C19H12NO3/c21-19(13-6-2-1-3-7-13)14-10-11-18-16(12-14)20(22)15-8-4-5-9-17(15)23-18/h1-12H. The number of fused-ring (bicyclic) bond motifs is 2. The first-order valence-corrected chi connectivity index (χ1v) is 7.22. The van der Waals surface area contributed by atoms with Gasteiger partial charge in [0.2, 0.25) is 0 Å². The maximum Gasteiger partial charge on any atom is 0.193 e. The molecule has 1 aliphatic rings. The van der Waals surface area contributed by atoms with Crippen LogP contribution in [-0.2, 0) is 5.21 Å². The SMILES string of the molecule is [O]N1c2ccccc2Oc2ccc(C(=O)c3ccccc3)cc21. The molecule has 0 aromatic heterocycles. The van der Waals surface area contributed by atoms with Crippen molar-refractivity contribution in [1.29, 1.82) is 0 Å². The molecule has 0 bridgehead atoms. The van der Waals surface area contributed by atoms with E-state index in [0.717, 1.165) is 5.06 Å². The number of ketones is 1. The van der Waals surface area contributed by atoms with Crippen molar-refractivity contribution >= 4 is 17.2 Å². The number of carbonyl (C=O) groups is 1. The molecule has 4 heteroatoms. The van der Waals surface area contributed by atoms with E-state index in [9.17, 15) is 10.0 Å². The van der Waals surface area contributed by atoms with Crippen LogP contribution < -0.4 is 9.80 Å².